The van der Waals surface area contributed by atoms with Gasteiger partial charge >= 0.3 is 0 Å². The van der Waals surface area contributed by atoms with Crippen LogP contribution < -0.4 is 10.5 Å². The average molecular weight is 178 g/mol. The van der Waals surface area contributed by atoms with E-state index in [1.54, 1.807) is 7.11 Å². The molecule has 3 N–H and O–H groups in total. The molecule has 0 aromatic heterocycles. The van der Waals surface area contributed by atoms with Gasteiger partial charge in [0, 0.05) is 11.5 Å². The zero-order valence-corrected chi connectivity index (χ0v) is 7.99. The van der Waals surface area contributed by atoms with Gasteiger partial charge in [0.15, 0.2) is 0 Å². The van der Waals surface area contributed by atoms with E-state index >= 15 is 0 Å². The van der Waals surface area contributed by atoms with Gasteiger partial charge in [-0.2, -0.15) is 0 Å². The van der Waals surface area contributed by atoms with Crippen LogP contribution in [0.25, 0.3) is 0 Å². The summed E-state index contributed by atoms with van der Waals surface area (Å²) in [6.45, 7) is 0. The van der Waals surface area contributed by atoms with Crippen molar-refractivity contribution in [3.05, 3.63) is 29.8 Å². The summed E-state index contributed by atoms with van der Waals surface area (Å²) in [6, 6.07) is 8.74. The van der Waals surface area contributed by atoms with Gasteiger partial charge in [-0.3, -0.25) is 0 Å². The molecule has 2 heteroatoms. The SMILES string of the molecule is COc1ccc([C@H]([NH3+])C2CC2)cc1. The second-order valence-electron chi connectivity index (χ2n) is 3.72. The lowest BCUT2D eigenvalue weighted by Gasteiger charge is -2.07. The molecule has 2 nitrogen and oxygen atoms in total. The van der Waals surface area contributed by atoms with Crippen LogP contribution in [-0.2, 0) is 0 Å². The zero-order valence-electron chi connectivity index (χ0n) is 7.99. The highest BCUT2D eigenvalue weighted by atomic mass is 16.5. The summed E-state index contributed by atoms with van der Waals surface area (Å²) in [7, 11) is 1.69. The minimum absolute atomic E-state index is 0.478. The summed E-state index contributed by atoms with van der Waals surface area (Å²) in [5.74, 6) is 1.75. The van der Waals surface area contributed by atoms with Crippen molar-refractivity contribution in [2.24, 2.45) is 5.92 Å². The standard InChI is InChI=1S/C11H15NO/c1-13-10-6-4-9(5-7-10)11(12)8-2-3-8/h4-8,11H,2-3,12H2,1H3/p+1/t11-/m1/s1. The highest BCUT2D eigenvalue weighted by Gasteiger charge is 2.32. The van der Waals surface area contributed by atoms with Crippen LogP contribution >= 0.6 is 0 Å². The van der Waals surface area contributed by atoms with Crippen molar-refractivity contribution < 1.29 is 10.5 Å². The molecule has 1 aliphatic carbocycles. The van der Waals surface area contributed by atoms with Crippen molar-refractivity contribution in [2.45, 2.75) is 18.9 Å². The van der Waals surface area contributed by atoms with E-state index in [1.807, 2.05) is 12.1 Å². The minimum atomic E-state index is 0.478. The Morgan fingerprint density at radius 3 is 2.38 bits per heavy atom. The Bertz CT molecular complexity index is 277. The summed E-state index contributed by atoms with van der Waals surface area (Å²) in [5.41, 5.74) is 5.52. The smallest absolute Gasteiger partial charge is 0.118 e. The third-order valence-electron chi connectivity index (χ3n) is 2.73. The maximum absolute atomic E-state index is 5.10. The molecule has 1 aliphatic rings. The first-order valence-corrected chi connectivity index (χ1v) is 4.78. The van der Waals surface area contributed by atoms with Gasteiger partial charge in [-0.15, -0.1) is 0 Å². The number of methoxy groups -OCH3 is 1. The summed E-state index contributed by atoms with van der Waals surface area (Å²) in [4.78, 5) is 0. The highest BCUT2D eigenvalue weighted by Crippen LogP contribution is 2.38. The second kappa shape index (κ2) is 3.38. The van der Waals surface area contributed by atoms with Gasteiger partial charge in [0.05, 0.1) is 7.11 Å². The molecule has 0 radical (unpaired) electrons. The Kier molecular flexibility index (Phi) is 2.23. The van der Waals surface area contributed by atoms with Gasteiger partial charge < -0.3 is 10.5 Å². The number of quaternary nitrogens is 1. The van der Waals surface area contributed by atoms with Crippen molar-refractivity contribution in [3.8, 4) is 5.75 Å². The van der Waals surface area contributed by atoms with Crippen LogP contribution in [0.2, 0.25) is 0 Å². The summed E-state index contributed by atoms with van der Waals surface area (Å²) in [5, 5.41) is 0. The number of ether oxygens (including phenoxy) is 1. The molecular formula is C11H16NO+. The molecular weight excluding hydrogens is 162 g/mol. The Balaban J connectivity index is 2.11. The van der Waals surface area contributed by atoms with Crippen LogP contribution in [0.15, 0.2) is 24.3 Å². The molecule has 1 aromatic carbocycles. The summed E-state index contributed by atoms with van der Waals surface area (Å²) >= 11 is 0. The molecule has 1 atom stereocenters. The van der Waals surface area contributed by atoms with E-state index in [2.05, 4.69) is 17.9 Å². The van der Waals surface area contributed by atoms with Crippen molar-refractivity contribution in [1.29, 1.82) is 0 Å². The highest BCUT2D eigenvalue weighted by molar-refractivity contribution is 5.28. The van der Waals surface area contributed by atoms with Crippen molar-refractivity contribution in [1.82, 2.24) is 0 Å². The third-order valence-corrected chi connectivity index (χ3v) is 2.73. The van der Waals surface area contributed by atoms with Gasteiger partial charge in [0.2, 0.25) is 0 Å². The van der Waals surface area contributed by atoms with Gasteiger partial charge in [0.1, 0.15) is 11.8 Å². The molecule has 1 saturated carbocycles. The monoisotopic (exact) mass is 178 g/mol. The van der Waals surface area contributed by atoms with Gasteiger partial charge in [-0.05, 0) is 37.1 Å². The first-order chi connectivity index (χ1) is 6.31. The van der Waals surface area contributed by atoms with Crippen molar-refractivity contribution >= 4 is 0 Å². The molecule has 0 bridgehead atoms. The topological polar surface area (TPSA) is 36.9 Å². The van der Waals surface area contributed by atoms with Crippen molar-refractivity contribution in [2.75, 3.05) is 7.11 Å². The van der Waals surface area contributed by atoms with E-state index in [1.165, 1.54) is 18.4 Å². The van der Waals surface area contributed by atoms with Crippen LogP contribution in [0.1, 0.15) is 24.4 Å². The maximum Gasteiger partial charge on any atom is 0.118 e. The van der Waals surface area contributed by atoms with Crippen LogP contribution in [0.4, 0.5) is 0 Å². The van der Waals surface area contributed by atoms with E-state index < -0.39 is 0 Å². The lowest BCUT2D eigenvalue weighted by atomic mass is 10.0. The van der Waals surface area contributed by atoms with Crippen LogP contribution in [-0.4, -0.2) is 7.11 Å². The Morgan fingerprint density at radius 2 is 1.92 bits per heavy atom. The van der Waals surface area contributed by atoms with Crippen molar-refractivity contribution in [3.63, 3.8) is 0 Å². The van der Waals surface area contributed by atoms with E-state index in [4.69, 9.17) is 4.74 Å². The maximum atomic E-state index is 5.10. The van der Waals surface area contributed by atoms with Crippen LogP contribution in [0.3, 0.4) is 0 Å². The second-order valence-corrected chi connectivity index (χ2v) is 3.72. The molecule has 1 aromatic rings. The molecule has 0 amide bonds. The average Bonchev–Trinajstić information content (AvgIpc) is 3.00. The normalized spacial score (nSPS) is 18.3. The lowest BCUT2D eigenvalue weighted by molar-refractivity contribution is -0.432. The fraction of sp³-hybridized carbons (Fsp3) is 0.455. The lowest BCUT2D eigenvalue weighted by Crippen LogP contribution is -2.54. The number of hydrogen-bond donors (Lipinski definition) is 1. The molecule has 0 spiro atoms. The third kappa shape index (κ3) is 1.83. The number of rotatable bonds is 3. The quantitative estimate of drug-likeness (QED) is 0.746. The number of hydrogen-bond acceptors (Lipinski definition) is 1. The molecule has 70 valence electrons. The first kappa shape index (κ1) is 8.57. The molecule has 0 unspecified atom stereocenters. The Labute approximate surface area is 78.7 Å². The van der Waals surface area contributed by atoms with Crippen LogP contribution in [0.5, 0.6) is 5.75 Å². The molecule has 0 aliphatic heterocycles. The summed E-state index contributed by atoms with van der Waals surface area (Å²) < 4.78 is 5.10. The van der Waals surface area contributed by atoms with Gasteiger partial charge in [-0.1, -0.05) is 0 Å². The minimum Gasteiger partial charge on any atom is -0.497 e. The first-order valence-electron chi connectivity index (χ1n) is 4.78. The van der Waals surface area contributed by atoms with Gasteiger partial charge in [-0.25, -0.2) is 0 Å². The molecule has 13 heavy (non-hydrogen) atoms. The fourth-order valence-corrected chi connectivity index (χ4v) is 1.62. The summed E-state index contributed by atoms with van der Waals surface area (Å²) in [6.07, 6.45) is 2.69. The van der Waals surface area contributed by atoms with E-state index in [0.717, 1.165) is 11.7 Å². The van der Waals surface area contributed by atoms with E-state index in [-0.39, 0.29) is 0 Å². The largest absolute Gasteiger partial charge is 0.497 e. The number of benzene rings is 1. The van der Waals surface area contributed by atoms with E-state index in [0.29, 0.717) is 6.04 Å². The Morgan fingerprint density at radius 1 is 1.31 bits per heavy atom. The van der Waals surface area contributed by atoms with Crippen LogP contribution in [0, 0.1) is 5.92 Å². The predicted molar refractivity (Wildman–Crippen MR) is 51.3 cm³/mol. The zero-order chi connectivity index (χ0) is 9.26. The fourth-order valence-electron chi connectivity index (χ4n) is 1.62. The van der Waals surface area contributed by atoms with E-state index in [9.17, 15) is 0 Å². The molecule has 1 fully saturated rings. The van der Waals surface area contributed by atoms with Gasteiger partial charge in [0.25, 0.3) is 0 Å². The predicted octanol–water partition coefficient (Wildman–Crippen LogP) is 1.39. The molecule has 2 rings (SSSR count). The molecule has 0 saturated heterocycles. The molecule has 0 heterocycles. The Hall–Kier alpha value is -1.02.